The molecular formula is C7H11N3. The van der Waals surface area contributed by atoms with Crippen molar-refractivity contribution in [2.24, 2.45) is 12.8 Å². The fourth-order valence-corrected chi connectivity index (χ4v) is 1.18. The molecule has 3 heteroatoms. The zero-order chi connectivity index (χ0) is 7.14. The standard InChI is InChI=1S/C7H11N3/c1-10-3-7(9-4-10)5-2-6(5)8/h3-6H,2,8H2,1H3. The third-order valence-electron chi connectivity index (χ3n) is 1.94. The first kappa shape index (κ1) is 5.92. The van der Waals surface area contributed by atoms with Crippen LogP contribution < -0.4 is 5.73 Å². The lowest BCUT2D eigenvalue weighted by Crippen LogP contribution is -2.00. The van der Waals surface area contributed by atoms with Crippen LogP contribution in [0.5, 0.6) is 0 Å². The molecule has 2 rings (SSSR count). The van der Waals surface area contributed by atoms with Crippen LogP contribution in [0.1, 0.15) is 18.0 Å². The van der Waals surface area contributed by atoms with E-state index in [9.17, 15) is 0 Å². The molecule has 1 aromatic heterocycles. The number of nitrogens with zero attached hydrogens (tertiary/aromatic N) is 2. The number of hydrogen-bond acceptors (Lipinski definition) is 2. The van der Waals surface area contributed by atoms with Crippen molar-refractivity contribution in [2.45, 2.75) is 18.4 Å². The second-order valence-electron chi connectivity index (χ2n) is 2.97. The minimum atomic E-state index is 0.370. The van der Waals surface area contributed by atoms with Crippen LogP contribution in [-0.2, 0) is 7.05 Å². The van der Waals surface area contributed by atoms with E-state index in [2.05, 4.69) is 4.98 Å². The van der Waals surface area contributed by atoms with E-state index in [0.717, 1.165) is 12.1 Å². The molecule has 2 unspecified atom stereocenters. The van der Waals surface area contributed by atoms with Crippen molar-refractivity contribution in [3.63, 3.8) is 0 Å². The second-order valence-corrected chi connectivity index (χ2v) is 2.97. The van der Waals surface area contributed by atoms with Gasteiger partial charge in [-0.2, -0.15) is 0 Å². The summed E-state index contributed by atoms with van der Waals surface area (Å²) in [7, 11) is 1.98. The van der Waals surface area contributed by atoms with Crippen LogP contribution in [0.25, 0.3) is 0 Å². The summed E-state index contributed by atoms with van der Waals surface area (Å²) in [6.45, 7) is 0. The SMILES string of the molecule is Cn1cnc(C2CC2N)c1. The molecular weight excluding hydrogens is 126 g/mol. The first-order valence-corrected chi connectivity index (χ1v) is 3.51. The predicted molar refractivity (Wildman–Crippen MR) is 38.5 cm³/mol. The zero-order valence-electron chi connectivity index (χ0n) is 5.99. The van der Waals surface area contributed by atoms with Gasteiger partial charge in [0.25, 0.3) is 0 Å². The zero-order valence-corrected chi connectivity index (χ0v) is 5.99. The van der Waals surface area contributed by atoms with Gasteiger partial charge in [-0.3, -0.25) is 0 Å². The molecule has 0 radical (unpaired) electrons. The van der Waals surface area contributed by atoms with E-state index in [-0.39, 0.29) is 0 Å². The summed E-state index contributed by atoms with van der Waals surface area (Å²) in [5, 5.41) is 0. The van der Waals surface area contributed by atoms with Crippen LogP contribution in [0.2, 0.25) is 0 Å². The molecule has 1 saturated carbocycles. The highest BCUT2D eigenvalue weighted by atomic mass is 15.0. The minimum absolute atomic E-state index is 0.370. The van der Waals surface area contributed by atoms with Crippen LogP contribution >= 0.6 is 0 Å². The van der Waals surface area contributed by atoms with Gasteiger partial charge in [0.15, 0.2) is 0 Å². The van der Waals surface area contributed by atoms with E-state index in [1.54, 1.807) is 0 Å². The van der Waals surface area contributed by atoms with E-state index < -0.39 is 0 Å². The Morgan fingerprint density at radius 3 is 2.90 bits per heavy atom. The number of rotatable bonds is 1. The summed E-state index contributed by atoms with van der Waals surface area (Å²) in [5.41, 5.74) is 6.81. The molecule has 1 heterocycles. The molecule has 3 nitrogen and oxygen atoms in total. The van der Waals surface area contributed by atoms with Crippen molar-refractivity contribution >= 4 is 0 Å². The fraction of sp³-hybridized carbons (Fsp3) is 0.571. The monoisotopic (exact) mass is 137 g/mol. The molecule has 1 fully saturated rings. The van der Waals surface area contributed by atoms with Gasteiger partial charge in [0.1, 0.15) is 0 Å². The van der Waals surface area contributed by atoms with Crippen molar-refractivity contribution in [3.05, 3.63) is 18.2 Å². The lowest BCUT2D eigenvalue weighted by atomic mass is 10.3. The Labute approximate surface area is 59.9 Å². The summed E-state index contributed by atoms with van der Waals surface area (Å²) < 4.78 is 1.96. The van der Waals surface area contributed by atoms with E-state index in [1.807, 2.05) is 24.1 Å². The Hall–Kier alpha value is -0.830. The molecule has 10 heavy (non-hydrogen) atoms. The Kier molecular flexibility index (Phi) is 1.08. The molecule has 54 valence electrons. The van der Waals surface area contributed by atoms with Crippen LogP contribution in [0.15, 0.2) is 12.5 Å². The number of aromatic nitrogens is 2. The third-order valence-corrected chi connectivity index (χ3v) is 1.94. The van der Waals surface area contributed by atoms with Gasteiger partial charge in [0.05, 0.1) is 12.0 Å². The highest BCUT2D eigenvalue weighted by Gasteiger charge is 2.36. The maximum Gasteiger partial charge on any atom is 0.0946 e. The van der Waals surface area contributed by atoms with Gasteiger partial charge in [0, 0.05) is 25.2 Å². The smallest absolute Gasteiger partial charge is 0.0946 e. The molecule has 1 aliphatic carbocycles. The van der Waals surface area contributed by atoms with E-state index in [1.165, 1.54) is 0 Å². The molecule has 0 aromatic carbocycles. The Morgan fingerprint density at radius 2 is 2.50 bits per heavy atom. The Bertz CT molecular complexity index is 241. The Morgan fingerprint density at radius 1 is 1.80 bits per heavy atom. The van der Waals surface area contributed by atoms with Crippen LogP contribution in [0.3, 0.4) is 0 Å². The fourth-order valence-electron chi connectivity index (χ4n) is 1.18. The van der Waals surface area contributed by atoms with E-state index in [4.69, 9.17) is 5.73 Å². The topological polar surface area (TPSA) is 43.8 Å². The number of hydrogen-bond donors (Lipinski definition) is 1. The summed E-state index contributed by atoms with van der Waals surface area (Å²) in [6.07, 6.45) is 4.97. The second kappa shape index (κ2) is 1.83. The van der Waals surface area contributed by atoms with Crippen molar-refractivity contribution in [1.82, 2.24) is 9.55 Å². The third kappa shape index (κ3) is 0.827. The molecule has 0 spiro atoms. The van der Waals surface area contributed by atoms with Crippen LogP contribution in [0.4, 0.5) is 0 Å². The van der Waals surface area contributed by atoms with Gasteiger partial charge in [-0.1, -0.05) is 0 Å². The summed E-state index contributed by atoms with van der Waals surface area (Å²) >= 11 is 0. The maximum absolute atomic E-state index is 5.66. The minimum Gasteiger partial charge on any atom is -0.340 e. The number of nitrogens with two attached hydrogens (primary N) is 1. The van der Waals surface area contributed by atoms with Crippen molar-refractivity contribution in [2.75, 3.05) is 0 Å². The van der Waals surface area contributed by atoms with Gasteiger partial charge in [-0.05, 0) is 6.42 Å². The van der Waals surface area contributed by atoms with Crippen molar-refractivity contribution in [1.29, 1.82) is 0 Å². The summed E-state index contributed by atoms with van der Waals surface area (Å²) in [4.78, 5) is 4.21. The molecule has 2 atom stereocenters. The highest BCUT2D eigenvalue weighted by molar-refractivity contribution is 5.17. The first-order chi connectivity index (χ1) is 4.77. The lowest BCUT2D eigenvalue weighted by molar-refractivity contribution is 0.909. The molecule has 0 aliphatic heterocycles. The normalized spacial score (nSPS) is 30.6. The molecule has 1 aromatic rings. The number of imidazole rings is 1. The summed E-state index contributed by atoms with van der Waals surface area (Å²) in [6, 6.07) is 0.370. The summed E-state index contributed by atoms with van der Waals surface area (Å²) in [5.74, 6) is 0.543. The maximum atomic E-state index is 5.66. The van der Waals surface area contributed by atoms with E-state index in [0.29, 0.717) is 12.0 Å². The van der Waals surface area contributed by atoms with Crippen LogP contribution in [-0.4, -0.2) is 15.6 Å². The van der Waals surface area contributed by atoms with E-state index >= 15 is 0 Å². The van der Waals surface area contributed by atoms with Crippen molar-refractivity contribution < 1.29 is 0 Å². The molecule has 0 bridgehead atoms. The van der Waals surface area contributed by atoms with Crippen molar-refractivity contribution in [3.8, 4) is 0 Å². The first-order valence-electron chi connectivity index (χ1n) is 3.51. The van der Waals surface area contributed by atoms with Gasteiger partial charge < -0.3 is 10.3 Å². The largest absolute Gasteiger partial charge is 0.340 e. The Balaban J connectivity index is 2.20. The average molecular weight is 137 g/mol. The average Bonchev–Trinajstić information content (AvgIpc) is 2.42. The molecule has 0 amide bonds. The predicted octanol–water partition coefficient (Wildman–Crippen LogP) is 0.235. The van der Waals surface area contributed by atoms with Gasteiger partial charge >= 0.3 is 0 Å². The number of aryl methyl sites for hydroxylation is 1. The lowest BCUT2D eigenvalue weighted by Gasteiger charge is -1.86. The van der Waals surface area contributed by atoms with Crippen LogP contribution in [0, 0.1) is 0 Å². The van der Waals surface area contributed by atoms with Gasteiger partial charge in [-0.15, -0.1) is 0 Å². The quantitative estimate of drug-likeness (QED) is 0.602. The molecule has 0 saturated heterocycles. The highest BCUT2D eigenvalue weighted by Crippen LogP contribution is 2.37. The molecule has 2 N–H and O–H groups in total. The van der Waals surface area contributed by atoms with Gasteiger partial charge in [0.2, 0.25) is 0 Å². The van der Waals surface area contributed by atoms with Gasteiger partial charge in [-0.25, -0.2) is 4.98 Å². The molecule has 1 aliphatic rings.